The second-order valence-electron chi connectivity index (χ2n) is 7.16. The van der Waals surface area contributed by atoms with E-state index >= 15 is 0 Å². The number of aryl methyl sites for hydroxylation is 1. The molecule has 2 heterocycles. The van der Waals surface area contributed by atoms with Crippen LogP contribution in [0.25, 0.3) is 0 Å². The van der Waals surface area contributed by atoms with E-state index in [0.717, 1.165) is 18.2 Å². The summed E-state index contributed by atoms with van der Waals surface area (Å²) >= 11 is 5.70. The lowest BCUT2D eigenvalue weighted by atomic mass is 9.97. The second-order valence-corrected chi connectivity index (χ2v) is 7.59. The van der Waals surface area contributed by atoms with Crippen molar-refractivity contribution in [3.63, 3.8) is 0 Å². The van der Waals surface area contributed by atoms with Gasteiger partial charge in [0.1, 0.15) is 6.02 Å². The molecule has 1 saturated heterocycles. The number of piperidine rings is 1. The van der Waals surface area contributed by atoms with E-state index in [2.05, 4.69) is 0 Å². The standard InChI is InChI=1S/C23H19ClF2N2O4/c24-16-5-3-15(4-6-16)23(25,26)19(29)9-2-13-1-7-17-14(11-13)12-28(22(17)32)18-8-10-20(30)27-21(18)31/h1,3-7,11,18H,2,8-10,12H2,(H,27,30,31)/i2D2,8D,10D,18D. The first-order valence-corrected chi connectivity index (χ1v) is 9.81. The third kappa shape index (κ3) is 4.14. The molecular weight excluding hydrogens is 442 g/mol. The maximum Gasteiger partial charge on any atom is 0.330 e. The van der Waals surface area contributed by atoms with E-state index in [4.69, 9.17) is 18.5 Å². The van der Waals surface area contributed by atoms with Gasteiger partial charge in [-0.25, -0.2) is 0 Å². The van der Waals surface area contributed by atoms with Crippen molar-refractivity contribution >= 4 is 35.1 Å². The third-order valence-corrected chi connectivity index (χ3v) is 5.32. The molecule has 2 aromatic carbocycles. The monoisotopic (exact) mass is 465 g/mol. The molecule has 166 valence electrons. The highest BCUT2D eigenvalue weighted by Gasteiger charge is 2.41. The molecule has 0 aromatic heterocycles. The third-order valence-electron chi connectivity index (χ3n) is 5.07. The molecule has 4 rings (SSSR count). The Morgan fingerprint density at radius 1 is 1.25 bits per heavy atom. The van der Waals surface area contributed by atoms with Crippen molar-refractivity contribution in [1.29, 1.82) is 0 Å². The zero-order chi connectivity index (χ0) is 27.5. The van der Waals surface area contributed by atoms with Crippen molar-refractivity contribution < 1.29 is 34.8 Å². The van der Waals surface area contributed by atoms with Gasteiger partial charge in [-0.2, -0.15) is 8.78 Å². The highest BCUT2D eigenvalue weighted by Crippen LogP contribution is 2.32. The molecule has 1 fully saturated rings. The van der Waals surface area contributed by atoms with Crippen LogP contribution in [0.15, 0.2) is 42.5 Å². The second kappa shape index (κ2) is 8.43. The number of fused-ring (bicyclic) bond motifs is 1. The molecule has 6 nitrogen and oxygen atoms in total. The summed E-state index contributed by atoms with van der Waals surface area (Å²) in [6.07, 6.45) is -7.48. The molecule has 0 bridgehead atoms. The molecule has 0 radical (unpaired) electrons. The molecule has 0 saturated carbocycles. The molecule has 9 heteroatoms. The number of rotatable bonds is 6. The summed E-state index contributed by atoms with van der Waals surface area (Å²) in [5.41, 5.74) is -0.726. The fourth-order valence-electron chi connectivity index (χ4n) is 3.40. The summed E-state index contributed by atoms with van der Waals surface area (Å²) in [5.74, 6) is -8.82. The number of halogens is 3. The molecule has 2 aliphatic rings. The quantitative estimate of drug-likeness (QED) is 0.663. The van der Waals surface area contributed by atoms with Crippen LogP contribution in [0.3, 0.4) is 0 Å². The molecule has 3 atom stereocenters. The van der Waals surface area contributed by atoms with Crippen LogP contribution in [-0.4, -0.2) is 34.4 Å². The zero-order valence-electron chi connectivity index (χ0n) is 21.3. The van der Waals surface area contributed by atoms with E-state index in [9.17, 15) is 28.0 Å². The summed E-state index contributed by atoms with van der Waals surface area (Å²) in [4.78, 5) is 50.2. The van der Waals surface area contributed by atoms with E-state index in [1.54, 1.807) is 0 Å². The summed E-state index contributed by atoms with van der Waals surface area (Å²) in [6.45, 7) is -0.430. The SMILES string of the molecule is [2H]C1C(=O)NC(=O)C([2H])(N2Cc3cc(C([2H])([2H])CC(=O)C(F)(F)c4ccc(Cl)cc4)ccc3C2=O)C1[2H]. The Morgan fingerprint density at radius 2 is 1.97 bits per heavy atom. The van der Waals surface area contributed by atoms with Gasteiger partial charge in [-0.15, -0.1) is 0 Å². The normalized spacial score (nSPS) is 28.2. The van der Waals surface area contributed by atoms with Crippen LogP contribution < -0.4 is 5.32 Å². The molecule has 0 spiro atoms. The van der Waals surface area contributed by atoms with Gasteiger partial charge in [0.15, 0.2) is 0 Å². The van der Waals surface area contributed by atoms with Gasteiger partial charge in [-0.3, -0.25) is 24.5 Å². The minimum absolute atomic E-state index is 0.0255. The first kappa shape index (κ1) is 16.5. The molecule has 2 aliphatic heterocycles. The van der Waals surface area contributed by atoms with Gasteiger partial charge in [0.2, 0.25) is 17.6 Å². The summed E-state index contributed by atoms with van der Waals surface area (Å²) in [6, 6.07) is 5.19. The van der Waals surface area contributed by atoms with E-state index < -0.39 is 73.1 Å². The maximum atomic E-state index is 14.7. The van der Waals surface area contributed by atoms with E-state index in [1.807, 2.05) is 5.32 Å². The fraction of sp³-hybridized carbons (Fsp3) is 0.304. The van der Waals surface area contributed by atoms with Crippen molar-refractivity contribution in [2.75, 3.05) is 0 Å². The first-order chi connectivity index (χ1) is 17.1. The number of hydrogen-bond donors (Lipinski definition) is 1. The van der Waals surface area contributed by atoms with Crippen LogP contribution in [0.5, 0.6) is 0 Å². The summed E-state index contributed by atoms with van der Waals surface area (Å²) < 4.78 is 70.3. The number of nitrogens with zero attached hydrogens (tertiary/aromatic N) is 1. The highest BCUT2D eigenvalue weighted by molar-refractivity contribution is 6.30. The fourth-order valence-corrected chi connectivity index (χ4v) is 3.53. The number of benzene rings is 2. The van der Waals surface area contributed by atoms with Gasteiger partial charge in [0.05, 0.1) is 1.37 Å². The van der Waals surface area contributed by atoms with Gasteiger partial charge in [0, 0.05) is 41.0 Å². The molecule has 2 aromatic rings. The predicted octanol–water partition coefficient (Wildman–Crippen LogP) is 3.39. The number of nitrogens with one attached hydrogen (secondary N) is 1. The van der Waals surface area contributed by atoms with Crippen LogP contribution in [0.4, 0.5) is 8.78 Å². The van der Waals surface area contributed by atoms with Gasteiger partial charge >= 0.3 is 5.92 Å². The lowest BCUT2D eigenvalue weighted by molar-refractivity contribution is -0.144. The van der Waals surface area contributed by atoms with Crippen molar-refractivity contribution in [2.24, 2.45) is 0 Å². The number of carbonyl (C=O) groups is 4. The number of amides is 3. The molecule has 1 N–H and O–H groups in total. The minimum Gasteiger partial charge on any atom is -0.322 e. The van der Waals surface area contributed by atoms with Crippen molar-refractivity contribution in [2.45, 2.75) is 44.1 Å². The number of carbonyl (C=O) groups excluding carboxylic acids is 4. The topological polar surface area (TPSA) is 83.6 Å². The molecule has 32 heavy (non-hydrogen) atoms. The lowest BCUT2D eigenvalue weighted by Crippen LogP contribution is -2.52. The Labute approximate surface area is 194 Å². The lowest BCUT2D eigenvalue weighted by Gasteiger charge is -2.29. The average molecular weight is 466 g/mol. The highest BCUT2D eigenvalue weighted by atomic mass is 35.5. The first-order valence-electron chi connectivity index (χ1n) is 12.1. The van der Waals surface area contributed by atoms with Crippen molar-refractivity contribution in [3.8, 4) is 0 Å². The smallest absolute Gasteiger partial charge is 0.322 e. The van der Waals surface area contributed by atoms with Gasteiger partial charge in [-0.1, -0.05) is 35.9 Å². The Hall–Kier alpha value is -3.13. The van der Waals surface area contributed by atoms with Crippen LogP contribution in [0.2, 0.25) is 5.02 Å². The molecular formula is C23H19ClF2N2O4. The largest absolute Gasteiger partial charge is 0.330 e. The van der Waals surface area contributed by atoms with Gasteiger partial charge < -0.3 is 4.90 Å². The van der Waals surface area contributed by atoms with E-state index in [1.165, 1.54) is 24.3 Å². The van der Waals surface area contributed by atoms with Crippen LogP contribution >= 0.6 is 11.6 Å². The van der Waals surface area contributed by atoms with Gasteiger partial charge in [-0.05, 0) is 42.1 Å². The summed E-state index contributed by atoms with van der Waals surface area (Å²) in [7, 11) is 0. The van der Waals surface area contributed by atoms with Crippen molar-refractivity contribution in [3.05, 3.63) is 69.7 Å². The van der Waals surface area contributed by atoms with E-state index in [-0.39, 0.29) is 21.7 Å². The average Bonchev–Trinajstić information content (AvgIpc) is 3.17. The Bertz CT molecular complexity index is 1330. The summed E-state index contributed by atoms with van der Waals surface area (Å²) in [5, 5.41) is 2.01. The van der Waals surface area contributed by atoms with Gasteiger partial charge in [0.25, 0.3) is 5.91 Å². The minimum atomic E-state index is -3.99. The number of ketones is 1. The van der Waals surface area contributed by atoms with Crippen LogP contribution in [0.1, 0.15) is 53.1 Å². The number of hydrogen-bond acceptors (Lipinski definition) is 4. The predicted molar refractivity (Wildman–Crippen MR) is 111 cm³/mol. The van der Waals surface area contributed by atoms with E-state index in [0.29, 0.717) is 4.90 Å². The number of imide groups is 1. The molecule has 0 aliphatic carbocycles. The van der Waals surface area contributed by atoms with Crippen molar-refractivity contribution in [1.82, 2.24) is 10.2 Å². The molecule has 3 amide bonds. The van der Waals surface area contributed by atoms with Crippen LogP contribution in [-0.2, 0) is 33.2 Å². The Morgan fingerprint density at radius 3 is 2.69 bits per heavy atom. The number of Topliss-reactive ketones (excluding diaryl/α,β-unsaturated/α-hetero) is 1. The maximum absolute atomic E-state index is 14.7. The van der Waals surface area contributed by atoms with Crippen LogP contribution in [0, 0.1) is 0 Å². The Balaban J connectivity index is 1.59. The Kier molecular flexibility index (Phi) is 4.34. The molecule has 3 unspecified atom stereocenters. The number of alkyl halides is 2. The zero-order valence-corrected chi connectivity index (χ0v) is 17.1.